The molecule has 1 saturated carbocycles. The molecule has 0 N–H and O–H groups in total. The van der Waals surface area contributed by atoms with Crippen molar-refractivity contribution in [2.24, 2.45) is 11.8 Å². The number of thiazole rings is 1. The van der Waals surface area contributed by atoms with Crippen molar-refractivity contribution in [3.8, 4) is 0 Å². The fourth-order valence-electron chi connectivity index (χ4n) is 3.59. The molecule has 2 bridgehead atoms. The fraction of sp³-hybridized carbons (Fsp3) is 0.786. The second-order valence-corrected chi connectivity index (χ2v) is 7.12. The van der Waals surface area contributed by atoms with Crippen LogP contribution in [0.2, 0.25) is 0 Å². The zero-order valence-corrected chi connectivity index (χ0v) is 11.7. The van der Waals surface area contributed by atoms with Crippen molar-refractivity contribution < 1.29 is 0 Å². The second kappa shape index (κ2) is 4.69. The summed E-state index contributed by atoms with van der Waals surface area (Å²) in [5, 5.41) is 1.22. The summed E-state index contributed by atoms with van der Waals surface area (Å²) >= 11 is 1.88. The lowest BCUT2D eigenvalue weighted by molar-refractivity contribution is 0.0814. The molecule has 0 spiro atoms. The van der Waals surface area contributed by atoms with Crippen LogP contribution in [0.3, 0.4) is 0 Å². The van der Waals surface area contributed by atoms with Crippen LogP contribution in [0, 0.1) is 25.7 Å². The van der Waals surface area contributed by atoms with E-state index in [4.69, 9.17) is 0 Å². The van der Waals surface area contributed by atoms with Gasteiger partial charge in [-0.3, -0.25) is 4.90 Å². The quantitative estimate of drug-likeness (QED) is 0.800. The monoisotopic (exact) mass is 250 g/mol. The van der Waals surface area contributed by atoms with Crippen LogP contribution in [0.25, 0.3) is 0 Å². The molecule has 2 nitrogen and oxygen atoms in total. The first-order chi connectivity index (χ1) is 8.20. The minimum Gasteiger partial charge on any atom is -0.298 e. The number of rotatable bonds is 2. The van der Waals surface area contributed by atoms with Crippen molar-refractivity contribution >= 4 is 11.3 Å². The number of piperidine rings is 1. The van der Waals surface area contributed by atoms with Gasteiger partial charge in [0.1, 0.15) is 0 Å². The molecule has 17 heavy (non-hydrogen) atoms. The standard InChI is InChI=1S/C14H22N2S/c1-10-14(17-11(2)15-10)9-16-7-12-4-3-5-13(6-12)8-16/h12-13H,3-9H2,1-2H3. The summed E-state index contributed by atoms with van der Waals surface area (Å²) in [6, 6.07) is 0. The predicted molar refractivity (Wildman–Crippen MR) is 72.3 cm³/mol. The van der Waals surface area contributed by atoms with Gasteiger partial charge in [-0.05, 0) is 44.9 Å². The van der Waals surface area contributed by atoms with Crippen LogP contribution in [0.4, 0.5) is 0 Å². The number of aryl methyl sites for hydroxylation is 2. The maximum Gasteiger partial charge on any atom is 0.0900 e. The highest BCUT2D eigenvalue weighted by Crippen LogP contribution is 2.35. The van der Waals surface area contributed by atoms with E-state index in [1.54, 1.807) is 0 Å². The Bertz CT molecular complexity index is 387. The van der Waals surface area contributed by atoms with Crippen LogP contribution in [0.15, 0.2) is 0 Å². The van der Waals surface area contributed by atoms with E-state index in [2.05, 4.69) is 23.7 Å². The number of hydrogen-bond acceptors (Lipinski definition) is 3. The molecule has 1 aliphatic carbocycles. The zero-order chi connectivity index (χ0) is 11.8. The highest BCUT2D eigenvalue weighted by Gasteiger charge is 2.30. The van der Waals surface area contributed by atoms with Gasteiger partial charge in [0.05, 0.1) is 10.7 Å². The van der Waals surface area contributed by atoms with Crippen molar-refractivity contribution in [3.63, 3.8) is 0 Å². The molecule has 3 rings (SSSR count). The van der Waals surface area contributed by atoms with Gasteiger partial charge in [-0.25, -0.2) is 4.98 Å². The van der Waals surface area contributed by atoms with E-state index in [1.165, 1.54) is 54.4 Å². The third-order valence-corrected chi connectivity index (χ3v) is 5.35. The second-order valence-electron chi connectivity index (χ2n) is 5.83. The molecular weight excluding hydrogens is 228 g/mol. The summed E-state index contributed by atoms with van der Waals surface area (Å²) in [7, 11) is 0. The first-order valence-electron chi connectivity index (χ1n) is 6.86. The number of aromatic nitrogens is 1. The fourth-order valence-corrected chi connectivity index (χ4v) is 4.57. The van der Waals surface area contributed by atoms with E-state index in [0.29, 0.717) is 0 Å². The topological polar surface area (TPSA) is 16.1 Å². The molecule has 1 aliphatic heterocycles. The molecule has 0 radical (unpaired) electrons. The largest absolute Gasteiger partial charge is 0.298 e. The molecule has 94 valence electrons. The normalized spacial score (nSPS) is 29.5. The number of fused-ring (bicyclic) bond motifs is 2. The average Bonchev–Trinajstić information content (AvgIpc) is 2.57. The van der Waals surface area contributed by atoms with Crippen LogP contribution < -0.4 is 0 Å². The van der Waals surface area contributed by atoms with Crippen LogP contribution >= 0.6 is 11.3 Å². The van der Waals surface area contributed by atoms with Gasteiger partial charge in [-0.2, -0.15) is 0 Å². The summed E-state index contributed by atoms with van der Waals surface area (Å²) in [4.78, 5) is 8.71. The molecule has 1 aromatic rings. The summed E-state index contributed by atoms with van der Waals surface area (Å²) in [6.45, 7) is 8.07. The smallest absolute Gasteiger partial charge is 0.0900 e. The van der Waals surface area contributed by atoms with E-state index >= 15 is 0 Å². The van der Waals surface area contributed by atoms with E-state index in [1.807, 2.05) is 11.3 Å². The zero-order valence-electron chi connectivity index (χ0n) is 10.9. The Balaban J connectivity index is 1.67. The Morgan fingerprint density at radius 3 is 2.53 bits per heavy atom. The summed E-state index contributed by atoms with van der Waals surface area (Å²) in [5.74, 6) is 1.97. The highest BCUT2D eigenvalue weighted by atomic mass is 32.1. The SMILES string of the molecule is Cc1nc(C)c(CN2CC3CCCC(C3)C2)s1. The van der Waals surface area contributed by atoms with Gasteiger partial charge in [0, 0.05) is 24.5 Å². The van der Waals surface area contributed by atoms with Gasteiger partial charge in [-0.15, -0.1) is 11.3 Å². The van der Waals surface area contributed by atoms with Gasteiger partial charge in [0.25, 0.3) is 0 Å². The number of hydrogen-bond donors (Lipinski definition) is 0. The van der Waals surface area contributed by atoms with Gasteiger partial charge in [-0.1, -0.05) is 6.42 Å². The minimum atomic E-state index is 0.983. The molecule has 1 saturated heterocycles. The van der Waals surface area contributed by atoms with Crippen LogP contribution in [0.5, 0.6) is 0 Å². The molecular formula is C14H22N2S. The Kier molecular flexibility index (Phi) is 3.22. The molecule has 0 aromatic carbocycles. The van der Waals surface area contributed by atoms with E-state index in [9.17, 15) is 0 Å². The van der Waals surface area contributed by atoms with Gasteiger partial charge < -0.3 is 0 Å². The summed E-state index contributed by atoms with van der Waals surface area (Å²) < 4.78 is 0. The van der Waals surface area contributed by atoms with Crippen molar-refractivity contribution in [1.29, 1.82) is 0 Å². The Hall–Kier alpha value is -0.410. The minimum absolute atomic E-state index is 0.983. The first-order valence-corrected chi connectivity index (χ1v) is 7.67. The lowest BCUT2D eigenvalue weighted by Gasteiger charge is -2.41. The lowest BCUT2D eigenvalue weighted by Crippen LogP contribution is -2.42. The molecule has 2 atom stereocenters. The average molecular weight is 250 g/mol. The van der Waals surface area contributed by atoms with E-state index < -0.39 is 0 Å². The van der Waals surface area contributed by atoms with Crippen molar-refractivity contribution in [3.05, 3.63) is 15.6 Å². The maximum absolute atomic E-state index is 4.54. The Morgan fingerprint density at radius 2 is 1.94 bits per heavy atom. The Morgan fingerprint density at radius 1 is 1.24 bits per heavy atom. The number of nitrogens with zero attached hydrogens (tertiary/aromatic N) is 2. The Labute approximate surface area is 108 Å². The van der Waals surface area contributed by atoms with Gasteiger partial charge in [0.15, 0.2) is 0 Å². The highest BCUT2D eigenvalue weighted by molar-refractivity contribution is 7.11. The maximum atomic E-state index is 4.54. The van der Waals surface area contributed by atoms with E-state index in [0.717, 1.165) is 18.4 Å². The molecule has 2 unspecified atom stereocenters. The lowest BCUT2D eigenvalue weighted by atomic mass is 9.78. The van der Waals surface area contributed by atoms with Crippen LogP contribution in [0.1, 0.15) is 41.3 Å². The van der Waals surface area contributed by atoms with Crippen LogP contribution in [-0.4, -0.2) is 23.0 Å². The molecule has 3 heteroatoms. The molecule has 0 amide bonds. The van der Waals surface area contributed by atoms with Crippen LogP contribution in [-0.2, 0) is 6.54 Å². The number of likely N-dealkylation sites (tertiary alicyclic amines) is 1. The van der Waals surface area contributed by atoms with Crippen molar-refractivity contribution in [1.82, 2.24) is 9.88 Å². The first kappa shape index (κ1) is 11.7. The van der Waals surface area contributed by atoms with Gasteiger partial charge >= 0.3 is 0 Å². The van der Waals surface area contributed by atoms with E-state index in [-0.39, 0.29) is 0 Å². The summed E-state index contributed by atoms with van der Waals surface area (Å²) in [5.41, 5.74) is 1.25. The molecule has 2 heterocycles. The molecule has 2 fully saturated rings. The van der Waals surface area contributed by atoms with Gasteiger partial charge in [0.2, 0.25) is 0 Å². The van der Waals surface area contributed by atoms with Crippen molar-refractivity contribution in [2.75, 3.05) is 13.1 Å². The molecule has 2 aliphatic rings. The third-order valence-electron chi connectivity index (χ3n) is 4.29. The predicted octanol–water partition coefficient (Wildman–Crippen LogP) is 3.38. The third kappa shape index (κ3) is 2.55. The van der Waals surface area contributed by atoms with Crippen molar-refractivity contribution in [2.45, 2.75) is 46.1 Å². The molecule has 1 aromatic heterocycles. The summed E-state index contributed by atoms with van der Waals surface area (Å²) in [6.07, 6.45) is 5.90.